The Bertz CT molecular complexity index is 615. The molecule has 0 unspecified atom stereocenters. The molecule has 1 saturated heterocycles. The molecule has 2 aromatic rings. The van der Waals surface area contributed by atoms with Gasteiger partial charge in [-0.25, -0.2) is 0 Å². The maximum absolute atomic E-state index is 6.24. The minimum atomic E-state index is 0. The van der Waals surface area contributed by atoms with Crippen LogP contribution in [-0.4, -0.2) is 46.1 Å². The Labute approximate surface area is 143 Å². The van der Waals surface area contributed by atoms with Crippen molar-refractivity contribution in [1.29, 1.82) is 0 Å². The minimum Gasteiger partial charge on any atom is -0.497 e. The lowest BCUT2D eigenvalue weighted by molar-refractivity contribution is 0.179. The molecule has 23 heavy (non-hydrogen) atoms. The van der Waals surface area contributed by atoms with Crippen LogP contribution in [0.2, 0.25) is 0 Å². The van der Waals surface area contributed by atoms with Gasteiger partial charge in [-0.05, 0) is 24.1 Å². The third-order valence-electron chi connectivity index (χ3n) is 4.16. The number of hydrogen-bond donors (Lipinski definition) is 1. The summed E-state index contributed by atoms with van der Waals surface area (Å²) in [6.07, 6.45) is 2.96. The molecule has 1 fully saturated rings. The van der Waals surface area contributed by atoms with Gasteiger partial charge in [0, 0.05) is 44.8 Å². The molecule has 0 spiro atoms. The van der Waals surface area contributed by atoms with E-state index in [1.165, 1.54) is 5.56 Å². The summed E-state index contributed by atoms with van der Waals surface area (Å²) in [5.74, 6) is 1.24. The maximum atomic E-state index is 6.24. The number of hydrogen-bond acceptors (Lipinski definition) is 5. The molecule has 0 radical (unpaired) electrons. The average molecular weight is 338 g/mol. The summed E-state index contributed by atoms with van der Waals surface area (Å²) < 4.78 is 6.96. The fourth-order valence-corrected chi connectivity index (χ4v) is 3.12. The van der Waals surface area contributed by atoms with Crippen LogP contribution in [-0.2, 0) is 13.6 Å². The number of likely N-dealkylation sites (tertiary alicyclic amines) is 1. The Kier molecular flexibility index (Phi) is 5.98. The van der Waals surface area contributed by atoms with Crippen molar-refractivity contribution >= 4 is 12.4 Å². The molecular weight excluding hydrogens is 314 g/mol. The Hall–Kier alpha value is -1.63. The Morgan fingerprint density at radius 3 is 2.61 bits per heavy atom. The first-order valence-electron chi connectivity index (χ1n) is 7.61. The van der Waals surface area contributed by atoms with Crippen molar-refractivity contribution in [2.45, 2.75) is 24.9 Å². The molecule has 7 heteroatoms. The van der Waals surface area contributed by atoms with Crippen LogP contribution in [0.4, 0.5) is 0 Å². The van der Waals surface area contributed by atoms with Crippen LogP contribution in [0.15, 0.2) is 30.5 Å². The number of methoxy groups -OCH3 is 1. The summed E-state index contributed by atoms with van der Waals surface area (Å²) in [5.41, 5.74) is 8.55. The summed E-state index contributed by atoms with van der Waals surface area (Å²) in [6, 6.07) is 8.39. The smallest absolute Gasteiger partial charge is 0.118 e. The standard InChI is InChI=1S/C16H23N5O.ClH/c1-20-11-16(18-19-20)13-7-14(17)10-21(9-13)8-12-3-5-15(22-2)6-4-12;/h3-6,11,13-14H,7-10,17H2,1-2H3;1H/t13-,14+;/m1./s1. The van der Waals surface area contributed by atoms with Gasteiger partial charge in [-0.15, -0.1) is 17.5 Å². The van der Waals surface area contributed by atoms with E-state index in [1.54, 1.807) is 11.8 Å². The van der Waals surface area contributed by atoms with E-state index in [1.807, 2.05) is 25.4 Å². The predicted molar refractivity (Wildman–Crippen MR) is 91.9 cm³/mol. The van der Waals surface area contributed by atoms with Crippen LogP contribution in [0.5, 0.6) is 5.75 Å². The lowest BCUT2D eigenvalue weighted by Gasteiger charge is -2.35. The first-order valence-corrected chi connectivity index (χ1v) is 7.61. The van der Waals surface area contributed by atoms with Gasteiger partial charge in [0.05, 0.1) is 12.8 Å². The van der Waals surface area contributed by atoms with Crippen LogP contribution >= 0.6 is 12.4 Å². The van der Waals surface area contributed by atoms with Gasteiger partial charge in [0.1, 0.15) is 5.75 Å². The second kappa shape index (κ2) is 7.77. The van der Waals surface area contributed by atoms with E-state index in [2.05, 4.69) is 27.3 Å². The third-order valence-corrected chi connectivity index (χ3v) is 4.16. The molecule has 0 aliphatic carbocycles. The van der Waals surface area contributed by atoms with E-state index >= 15 is 0 Å². The molecule has 6 nitrogen and oxygen atoms in total. The molecule has 1 aliphatic heterocycles. The Morgan fingerprint density at radius 1 is 1.26 bits per heavy atom. The number of aryl methyl sites for hydroxylation is 1. The number of rotatable bonds is 4. The lowest BCUT2D eigenvalue weighted by Crippen LogP contribution is -2.45. The summed E-state index contributed by atoms with van der Waals surface area (Å²) in [7, 11) is 3.58. The van der Waals surface area contributed by atoms with Crippen LogP contribution in [0.3, 0.4) is 0 Å². The minimum absolute atomic E-state index is 0. The molecule has 1 aromatic heterocycles. The van der Waals surface area contributed by atoms with Gasteiger partial charge in [-0.1, -0.05) is 17.3 Å². The summed E-state index contributed by atoms with van der Waals surface area (Å²) in [5, 5.41) is 8.29. The van der Waals surface area contributed by atoms with Crippen molar-refractivity contribution in [3.05, 3.63) is 41.7 Å². The van der Waals surface area contributed by atoms with Gasteiger partial charge in [0.2, 0.25) is 0 Å². The normalized spacial score (nSPS) is 21.7. The molecular formula is C16H24ClN5O. The van der Waals surface area contributed by atoms with Gasteiger partial charge in [-0.3, -0.25) is 9.58 Å². The molecule has 2 heterocycles. The fraction of sp³-hybridized carbons (Fsp3) is 0.500. The topological polar surface area (TPSA) is 69.2 Å². The zero-order valence-electron chi connectivity index (χ0n) is 13.6. The highest BCUT2D eigenvalue weighted by atomic mass is 35.5. The van der Waals surface area contributed by atoms with E-state index in [9.17, 15) is 0 Å². The molecule has 1 aliphatic rings. The highest BCUT2D eigenvalue weighted by Gasteiger charge is 2.27. The number of benzene rings is 1. The van der Waals surface area contributed by atoms with E-state index in [4.69, 9.17) is 10.5 Å². The second-order valence-electron chi connectivity index (χ2n) is 6.05. The molecule has 2 atom stereocenters. The predicted octanol–water partition coefficient (Wildman–Crippen LogP) is 1.56. The molecule has 3 rings (SSSR count). The van der Waals surface area contributed by atoms with Crippen LogP contribution in [0.25, 0.3) is 0 Å². The quantitative estimate of drug-likeness (QED) is 0.917. The molecule has 0 amide bonds. The van der Waals surface area contributed by atoms with Crippen molar-refractivity contribution < 1.29 is 4.74 Å². The SMILES string of the molecule is COc1ccc(CN2C[C@@H](N)C[C@@H](c3cn(C)nn3)C2)cc1.Cl. The summed E-state index contributed by atoms with van der Waals surface area (Å²) in [6.45, 7) is 2.79. The number of halogens is 1. The zero-order valence-corrected chi connectivity index (χ0v) is 14.4. The van der Waals surface area contributed by atoms with Crippen molar-refractivity contribution in [2.24, 2.45) is 12.8 Å². The summed E-state index contributed by atoms with van der Waals surface area (Å²) in [4.78, 5) is 2.40. The Balaban J connectivity index is 0.00000192. The van der Waals surface area contributed by atoms with Gasteiger partial charge >= 0.3 is 0 Å². The third kappa shape index (κ3) is 4.43. The number of piperidine rings is 1. The van der Waals surface area contributed by atoms with Gasteiger partial charge < -0.3 is 10.5 Å². The molecule has 126 valence electrons. The van der Waals surface area contributed by atoms with Crippen LogP contribution < -0.4 is 10.5 Å². The number of nitrogens with zero attached hydrogens (tertiary/aromatic N) is 4. The molecule has 0 saturated carbocycles. The van der Waals surface area contributed by atoms with Gasteiger partial charge in [0.25, 0.3) is 0 Å². The Morgan fingerprint density at radius 2 is 2.00 bits per heavy atom. The number of aromatic nitrogens is 3. The van der Waals surface area contributed by atoms with Crippen LogP contribution in [0, 0.1) is 0 Å². The van der Waals surface area contributed by atoms with E-state index in [0.29, 0.717) is 5.92 Å². The van der Waals surface area contributed by atoms with Crippen molar-refractivity contribution in [3.8, 4) is 5.75 Å². The van der Waals surface area contributed by atoms with Gasteiger partial charge in [0.15, 0.2) is 0 Å². The zero-order chi connectivity index (χ0) is 15.5. The van der Waals surface area contributed by atoms with E-state index in [-0.39, 0.29) is 18.4 Å². The summed E-state index contributed by atoms with van der Waals surface area (Å²) >= 11 is 0. The fourth-order valence-electron chi connectivity index (χ4n) is 3.12. The first-order chi connectivity index (χ1) is 10.6. The maximum Gasteiger partial charge on any atom is 0.118 e. The number of nitrogens with two attached hydrogens (primary N) is 1. The monoisotopic (exact) mass is 337 g/mol. The highest BCUT2D eigenvalue weighted by molar-refractivity contribution is 5.85. The van der Waals surface area contributed by atoms with Crippen LogP contribution in [0.1, 0.15) is 23.6 Å². The average Bonchev–Trinajstić information content (AvgIpc) is 2.94. The van der Waals surface area contributed by atoms with Gasteiger partial charge in [-0.2, -0.15) is 0 Å². The molecule has 0 bridgehead atoms. The lowest BCUT2D eigenvalue weighted by atomic mass is 9.92. The van der Waals surface area contributed by atoms with Crippen molar-refractivity contribution in [3.63, 3.8) is 0 Å². The molecule has 1 aromatic carbocycles. The van der Waals surface area contributed by atoms with Crippen molar-refractivity contribution in [2.75, 3.05) is 20.2 Å². The van der Waals surface area contributed by atoms with E-state index in [0.717, 1.165) is 37.5 Å². The largest absolute Gasteiger partial charge is 0.497 e. The highest BCUT2D eigenvalue weighted by Crippen LogP contribution is 2.26. The van der Waals surface area contributed by atoms with Crippen molar-refractivity contribution in [1.82, 2.24) is 19.9 Å². The molecule has 2 N–H and O–H groups in total. The second-order valence-corrected chi connectivity index (χ2v) is 6.05. The number of ether oxygens (including phenoxy) is 1. The van der Waals surface area contributed by atoms with E-state index < -0.39 is 0 Å². The first kappa shape index (κ1) is 17.7.